The number of amides is 1. The zero-order valence-corrected chi connectivity index (χ0v) is 11.5. The van der Waals surface area contributed by atoms with Crippen LogP contribution in [0.15, 0.2) is 24.8 Å². The minimum absolute atomic E-state index is 0.0427. The summed E-state index contributed by atoms with van der Waals surface area (Å²) >= 11 is 7.30. The molecule has 0 bridgehead atoms. The minimum atomic E-state index is -0.284. The molecule has 0 aliphatic heterocycles. The molecule has 0 saturated heterocycles. The number of carbonyl (C=O) groups is 1. The monoisotopic (exact) mass is 297 g/mol. The van der Waals surface area contributed by atoms with Crippen molar-refractivity contribution in [3.05, 3.63) is 39.8 Å². The van der Waals surface area contributed by atoms with E-state index in [0.29, 0.717) is 17.4 Å². The molecule has 100 valence electrons. The lowest BCUT2D eigenvalue weighted by molar-refractivity contribution is 0.0752. The van der Waals surface area contributed by atoms with E-state index in [1.807, 2.05) is 6.07 Å². The molecular formula is C11H12ClN5OS. The van der Waals surface area contributed by atoms with Crippen molar-refractivity contribution < 1.29 is 4.79 Å². The summed E-state index contributed by atoms with van der Waals surface area (Å²) in [7, 11) is 0. The number of hydrogen-bond donors (Lipinski definition) is 2. The van der Waals surface area contributed by atoms with Crippen LogP contribution in [0.25, 0.3) is 0 Å². The van der Waals surface area contributed by atoms with Crippen LogP contribution in [0, 0.1) is 0 Å². The highest BCUT2D eigenvalue weighted by atomic mass is 35.5. The molecule has 0 aromatic carbocycles. The van der Waals surface area contributed by atoms with Crippen molar-refractivity contribution >= 4 is 34.8 Å². The van der Waals surface area contributed by atoms with Crippen molar-refractivity contribution in [1.29, 1.82) is 0 Å². The summed E-state index contributed by atoms with van der Waals surface area (Å²) in [5.74, 6) is -0.128. The van der Waals surface area contributed by atoms with Crippen molar-refractivity contribution in [1.82, 2.24) is 20.1 Å². The van der Waals surface area contributed by atoms with Gasteiger partial charge in [0.15, 0.2) is 0 Å². The van der Waals surface area contributed by atoms with Crippen molar-refractivity contribution in [2.24, 2.45) is 0 Å². The summed E-state index contributed by atoms with van der Waals surface area (Å²) in [6.07, 6.45) is 1.65. The van der Waals surface area contributed by atoms with Gasteiger partial charge >= 0.3 is 0 Å². The Balaban J connectivity index is 2.15. The number of nitrogens with two attached hydrogens (primary N) is 1. The molecule has 6 nitrogen and oxygen atoms in total. The van der Waals surface area contributed by atoms with E-state index in [1.165, 1.54) is 11.3 Å². The normalized spacial score (nSPS) is 10.4. The van der Waals surface area contributed by atoms with Gasteiger partial charge in [0, 0.05) is 11.4 Å². The maximum atomic E-state index is 12.2. The van der Waals surface area contributed by atoms with E-state index in [1.54, 1.807) is 17.0 Å². The minimum Gasteiger partial charge on any atom is -0.366 e. The summed E-state index contributed by atoms with van der Waals surface area (Å²) in [5, 5.41) is 6.14. The summed E-state index contributed by atoms with van der Waals surface area (Å²) in [5.41, 5.74) is 5.39. The molecule has 0 aliphatic carbocycles. The third-order valence-electron chi connectivity index (χ3n) is 2.32. The molecule has 0 aliphatic rings. The first-order chi connectivity index (χ1) is 9.10. The van der Waals surface area contributed by atoms with Gasteiger partial charge in [0.05, 0.1) is 10.9 Å². The fourth-order valence-electron chi connectivity index (χ4n) is 1.52. The Morgan fingerprint density at radius 3 is 2.95 bits per heavy atom. The lowest BCUT2D eigenvalue weighted by atomic mass is 10.3. The molecule has 0 spiro atoms. The topological polar surface area (TPSA) is 87.9 Å². The molecule has 2 aromatic rings. The molecular weight excluding hydrogens is 286 g/mol. The molecule has 3 N–H and O–H groups in total. The van der Waals surface area contributed by atoms with Gasteiger partial charge in [0.25, 0.3) is 5.91 Å². The van der Waals surface area contributed by atoms with E-state index in [0.717, 1.165) is 4.88 Å². The van der Waals surface area contributed by atoms with E-state index < -0.39 is 0 Å². The number of nitrogen functional groups attached to an aromatic ring is 1. The molecule has 0 unspecified atom stereocenters. The van der Waals surface area contributed by atoms with Crippen LogP contribution < -0.4 is 5.73 Å². The number of carbonyl (C=O) groups excluding carboxylic acids is 1. The molecule has 2 rings (SSSR count). The Kier molecular flexibility index (Phi) is 4.18. The van der Waals surface area contributed by atoms with Crippen LogP contribution >= 0.6 is 22.9 Å². The molecule has 0 saturated carbocycles. The lowest BCUT2D eigenvalue weighted by Crippen LogP contribution is -2.31. The Morgan fingerprint density at radius 1 is 1.63 bits per heavy atom. The molecule has 0 atom stereocenters. The number of nitrogens with zero attached hydrogens (tertiary/aromatic N) is 3. The number of hydrogen-bond acceptors (Lipinski definition) is 5. The van der Waals surface area contributed by atoms with Gasteiger partial charge in [0.2, 0.25) is 11.8 Å². The zero-order valence-electron chi connectivity index (χ0n) is 9.97. The maximum Gasteiger partial charge on any atom is 0.291 e. The number of rotatable bonds is 5. The number of anilines is 1. The largest absolute Gasteiger partial charge is 0.366 e. The Labute approximate surface area is 118 Å². The van der Waals surface area contributed by atoms with Gasteiger partial charge < -0.3 is 10.6 Å². The second-order valence-corrected chi connectivity index (χ2v) is 5.52. The number of halogens is 1. The molecule has 1 amide bonds. The summed E-state index contributed by atoms with van der Waals surface area (Å²) in [6.45, 7) is 4.47. The van der Waals surface area contributed by atoms with Gasteiger partial charge in [-0.15, -0.1) is 23.0 Å². The number of nitrogens with one attached hydrogen (secondary N) is 1. The van der Waals surface area contributed by atoms with Crippen LogP contribution in [0.2, 0.25) is 4.34 Å². The summed E-state index contributed by atoms with van der Waals surface area (Å²) in [4.78, 5) is 18.6. The predicted octanol–water partition coefficient (Wildman–Crippen LogP) is 1.93. The van der Waals surface area contributed by atoms with E-state index in [2.05, 4.69) is 21.8 Å². The number of aromatic amines is 1. The van der Waals surface area contributed by atoms with E-state index >= 15 is 0 Å². The second-order valence-electron chi connectivity index (χ2n) is 3.72. The third-order valence-corrected chi connectivity index (χ3v) is 3.53. The second kappa shape index (κ2) is 5.85. The van der Waals surface area contributed by atoms with Crippen molar-refractivity contribution in [2.45, 2.75) is 6.54 Å². The van der Waals surface area contributed by atoms with E-state index in [9.17, 15) is 4.79 Å². The highest BCUT2D eigenvalue weighted by molar-refractivity contribution is 7.16. The highest BCUT2D eigenvalue weighted by Crippen LogP contribution is 2.23. The van der Waals surface area contributed by atoms with Crippen LogP contribution in [0.4, 0.5) is 5.95 Å². The smallest absolute Gasteiger partial charge is 0.291 e. The molecule has 2 heterocycles. The Bertz CT molecular complexity index is 593. The first kappa shape index (κ1) is 13.6. The predicted molar refractivity (Wildman–Crippen MR) is 75.1 cm³/mol. The standard InChI is InChI=1S/C11H12ClN5OS/c1-2-5-17(6-7-3-4-8(12)19-7)10(18)9-14-11(13)16-15-9/h2-4H,1,5-6H2,(H3,13,14,15,16). The van der Waals surface area contributed by atoms with Crippen LogP contribution in [0.1, 0.15) is 15.5 Å². The maximum absolute atomic E-state index is 12.2. The summed E-state index contributed by atoms with van der Waals surface area (Å²) < 4.78 is 0.685. The van der Waals surface area contributed by atoms with Crippen LogP contribution in [-0.4, -0.2) is 32.5 Å². The van der Waals surface area contributed by atoms with Gasteiger partial charge in [-0.2, -0.15) is 4.98 Å². The quantitative estimate of drug-likeness (QED) is 0.825. The van der Waals surface area contributed by atoms with Gasteiger partial charge in [-0.1, -0.05) is 17.7 Å². The molecule has 8 heteroatoms. The SMILES string of the molecule is C=CCN(Cc1ccc(Cl)s1)C(=O)c1nc(N)n[nH]1. The van der Waals surface area contributed by atoms with Crippen LogP contribution in [0.3, 0.4) is 0 Å². The molecule has 19 heavy (non-hydrogen) atoms. The Hall–Kier alpha value is -1.86. The van der Waals surface area contributed by atoms with Gasteiger partial charge in [-0.3, -0.25) is 9.89 Å². The van der Waals surface area contributed by atoms with Gasteiger partial charge in [0.1, 0.15) is 0 Å². The third kappa shape index (κ3) is 3.33. The van der Waals surface area contributed by atoms with E-state index in [-0.39, 0.29) is 17.7 Å². The van der Waals surface area contributed by atoms with E-state index in [4.69, 9.17) is 17.3 Å². The van der Waals surface area contributed by atoms with Crippen LogP contribution in [-0.2, 0) is 6.54 Å². The van der Waals surface area contributed by atoms with Crippen molar-refractivity contribution in [3.8, 4) is 0 Å². The van der Waals surface area contributed by atoms with Crippen molar-refractivity contribution in [3.63, 3.8) is 0 Å². The number of H-pyrrole nitrogens is 1. The number of aromatic nitrogens is 3. The first-order valence-corrected chi connectivity index (χ1v) is 6.62. The average Bonchev–Trinajstić information content (AvgIpc) is 2.97. The van der Waals surface area contributed by atoms with Gasteiger partial charge in [-0.05, 0) is 12.1 Å². The summed E-state index contributed by atoms with van der Waals surface area (Å²) in [6, 6.07) is 3.68. The molecule has 0 fully saturated rings. The number of thiophene rings is 1. The van der Waals surface area contributed by atoms with Crippen LogP contribution in [0.5, 0.6) is 0 Å². The zero-order chi connectivity index (χ0) is 13.8. The van der Waals surface area contributed by atoms with Crippen molar-refractivity contribution in [2.75, 3.05) is 12.3 Å². The average molecular weight is 298 g/mol. The fourth-order valence-corrected chi connectivity index (χ4v) is 2.62. The molecule has 0 radical (unpaired) electrons. The molecule has 2 aromatic heterocycles. The fraction of sp³-hybridized carbons (Fsp3) is 0.182. The highest BCUT2D eigenvalue weighted by Gasteiger charge is 2.19. The first-order valence-electron chi connectivity index (χ1n) is 5.42. The van der Waals surface area contributed by atoms with Gasteiger partial charge in [-0.25, -0.2) is 0 Å². The lowest BCUT2D eigenvalue weighted by Gasteiger charge is -2.18. The Morgan fingerprint density at radius 2 is 2.42 bits per heavy atom.